The van der Waals surface area contributed by atoms with Gasteiger partial charge in [-0.1, -0.05) is 15.9 Å². The summed E-state index contributed by atoms with van der Waals surface area (Å²) in [4.78, 5) is 0.0506. The van der Waals surface area contributed by atoms with Crippen molar-refractivity contribution in [1.29, 1.82) is 0 Å². The molecule has 2 rings (SSSR count). The molecule has 0 unspecified atom stereocenters. The van der Waals surface area contributed by atoms with E-state index in [1.165, 1.54) is 6.07 Å². The molecule has 0 atom stereocenters. The number of hydrogen-bond acceptors (Lipinski definition) is 3. The van der Waals surface area contributed by atoms with Gasteiger partial charge in [-0.3, -0.25) is 0 Å². The summed E-state index contributed by atoms with van der Waals surface area (Å²) in [6.45, 7) is 3.87. The van der Waals surface area contributed by atoms with Crippen LogP contribution in [0.2, 0.25) is 0 Å². The Balaban J connectivity index is 2.66. The van der Waals surface area contributed by atoms with Crippen LogP contribution in [-0.4, -0.2) is 14.0 Å². The van der Waals surface area contributed by atoms with Gasteiger partial charge in [0.1, 0.15) is 16.2 Å². The van der Waals surface area contributed by atoms with E-state index in [4.69, 9.17) is 9.88 Å². The highest BCUT2D eigenvalue weighted by Gasteiger charge is 2.31. The summed E-state index contributed by atoms with van der Waals surface area (Å²) < 4.78 is 29.5. The first kappa shape index (κ1) is 12.9. The van der Waals surface area contributed by atoms with Crippen molar-refractivity contribution < 1.29 is 13.2 Å². The summed E-state index contributed by atoms with van der Waals surface area (Å²) in [5, 5.41) is 5.21. The van der Waals surface area contributed by atoms with Crippen molar-refractivity contribution in [3.8, 4) is 5.75 Å². The van der Waals surface area contributed by atoms with E-state index in [-0.39, 0.29) is 10.5 Å². The van der Waals surface area contributed by atoms with Gasteiger partial charge in [0, 0.05) is 4.47 Å². The summed E-state index contributed by atoms with van der Waals surface area (Å²) in [7, 11) is -3.77. The van der Waals surface area contributed by atoms with Gasteiger partial charge in [0.25, 0.3) is 0 Å². The van der Waals surface area contributed by atoms with Crippen LogP contribution in [0.1, 0.15) is 25.8 Å². The van der Waals surface area contributed by atoms with Gasteiger partial charge in [-0.2, -0.15) is 0 Å². The first-order chi connectivity index (χ1) is 7.69. The van der Waals surface area contributed by atoms with Crippen LogP contribution < -0.4 is 9.88 Å². The Morgan fingerprint density at radius 3 is 2.65 bits per heavy atom. The Labute approximate surface area is 109 Å². The minimum absolute atomic E-state index is 0.0506. The molecule has 4 nitrogen and oxygen atoms in total. The number of ether oxygens (including phenoxy) is 1. The smallest absolute Gasteiger partial charge is 0.241 e. The average Bonchev–Trinajstić information content (AvgIpc) is 2.15. The lowest BCUT2D eigenvalue weighted by molar-refractivity contribution is 0.0806. The molecule has 94 valence electrons. The first-order valence-corrected chi connectivity index (χ1v) is 7.57. The van der Waals surface area contributed by atoms with E-state index in [0.29, 0.717) is 10.2 Å². The van der Waals surface area contributed by atoms with Gasteiger partial charge >= 0.3 is 0 Å². The number of rotatable bonds is 1. The van der Waals surface area contributed by atoms with Gasteiger partial charge < -0.3 is 4.74 Å². The number of benzene rings is 1. The van der Waals surface area contributed by atoms with Gasteiger partial charge in [0.2, 0.25) is 10.0 Å². The van der Waals surface area contributed by atoms with Crippen molar-refractivity contribution in [3.05, 3.63) is 22.2 Å². The van der Waals surface area contributed by atoms with E-state index in [2.05, 4.69) is 15.9 Å². The largest absolute Gasteiger partial charge is 0.486 e. The highest BCUT2D eigenvalue weighted by molar-refractivity contribution is 9.10. The third-order valence-corrected chi connectivity index (χ3v) is 4.15. The van der Waals surface area contributed by atoms with E-state index in [1.54, 1.807) is 0 Å². The topological polar surface area (TPSA) is 69.4 Å². The van der Waals surface area contributed by atoms with Crippen molar-refractivity contribution >= 4 is 26.0 Å². The van der Waals surface area contributed by atoms with Crippen molar-refractivity contribution in [1.82, 2.24) is 0 Å². The lowest BCUT2D eigenvalue weighted by Gasteiger charge is -2.33. The third kappa shape index (κ3) is 2.64. The second-order valence-corrected chi connectivity index (χ2v) is 7.24. The zero-order valence-corrected chi connectivity index (χ0v) is 12.1. The number of nitrogens with two attached hydrogens (primary N) is 1. The van der Waals surface area contributed by atoms with Gasteiger partial charge in [-0.25, -0.2) is 13.6 Å². The highest BCUT2D eigenvalue weighted by atomic mass is 79.9. The fraction of sp³-hybridized carbons (Fsp3) is 0.455. The zero-order valence-electron chi connectivity index (χ0n) is 9.66. The molecule has 1 aromatic carbocycles. The molecule has 0 saturated heterocycles. The van der Waals surface area contributed by atoms with E-state index in [0.717, 1.165) is 18.4 Å². The second kappa shape index (κ2) is 3.96. The minimum Gasteiger partial charge on any atom is -0.486 e. The zero-order chi connectivity index (χ0) is 12.8. The number of fused-ring (bicyclic) bond motifs is 1. The van der Waals surface area contributed by atoms with Crippen LogP contribution in [0.3, 0.4) is 0 Å². The SMILES string of the molecule is CC1(C)CCc2cc(Br)cc(S(N)(=O)=O)c2O1. The molecule has 1 aromatic rings. The molecule has 6 heteroatoms. The van der Waals surface area contributed by atoms with E-state index in [1.807, 2.05) is 19.9 Å². The fourth-order valence-electron chi connectivity index (χ4n) is 1.90. The molecular formula is C11H14BrNO3S. The second-order valence-electron chi connectivity index (χ2n) is 4.80. The van der Waals surface area contributed by atoms with Crippen LogP contribution in [0.4, 0.5) is 0 Å². The van der Waals surface area contributed by atoms with Crippen LogP contribution >= 0.6 is 15.9 Å². The molecule has 0 aromatic heterocycles. The molecule has 17 heavy (non-hydrogen) atoms. The van der Waals surface area contributed by atoms with Gasteiger partial charge in [0.05, 0.1) is 0 Å². The normalized spacial score (nSPS) is 18.4. The standard InChI is InChI=1S/C11H14BrNO3S/c1-11(2)4-3-7-5-8(12)6-9(10(7)16-11)17(13,14)15/h5-6H,3-4H2,1-2H3,(H2,13,14,15). The number of halogens is 1. The Hall–Kier alpha value is -0.590. The quantitative estimate of drug-likeness (QED) is 0.862. The maximum atomic E-state index is 11.5. The maximum Gasteiger partial charge on any atom is 0.241 e. The van der Waals surface area contributed by atoms with Crippen LogP contribution in [0.5, 0.6) is 5.75 Å². The average molecular weight is 320 g/mol. The Morgan fingerprint density at radius 1 is 1.41 bits per heavy atom. The van der Waals surface area contributed by atoms with Crippen LogP contribution in [0, 0.1) is 0 Å². The maximum absolute atomic E-state index is 11.5. The van der Waals surface area contributed by atoms with Crippen molar-refractivity contribution in [2.75, 3.05) is 0 Å². The Bertz CT molecular complexity index is 566. The van der Waals surface area contributed by atoms with E-state index >= 15 is 0 Å². The Morgan fingerprint density at radius 2 is 2.06 bits per heavy atom. The van der Waals surface area contributed by atoms with E-state index in [9.17, 15) is 8.42 Å². The molecule has 1 aliphatic heterocycles. The number of primary sulfonamides is 1. The summed E-state index contributed by atoms with van der Waals surface area (Å²) in [5.41, 5.74) is 0.517. The molecule has 0 amide bonds. The fourth-order valence-corrected chi connectivity index (χ4v) is 3.28. The predicted molar refractivity (Wildman–Crippen MR) is 68.5 cm³/mol. The summed E-state index contributed by atoms with van der Waals surface area (Å²) >= 11 is 3.29. The Kier molecular flexibility index (Phi) is 3.00. The van der Waals surface area contributed by atoms with Crippen LogP contribution in [0.25, 0.3) is 0 Å². The molecule has 0 radical (unpaired) electrons. The van der Waals surface area contributed by atoms with Crippen molar-refractivity contribution in [2.45, 2.75) is 37.2 Å². The molecule has 0 fully saturated rings. The minimum atomic E-state index is -3.77. The molecule has 0 spiro atoms. The number of sulfonamides is 1. The molecule has 0 aliphatic carbocycles. The summed E-state index contributed by atoms with van der Waals surface area (Å²) in [5.74, 6) is 0.395. The summed E-state index contributed by atoms with van der Waals surface area (Å²) in [6.07, 6.45) is 1.63. The highest BCUT2D eigenvalue weighted by Crippen LogP contribution is 2.39. The lowest BCUT2D eigenvalue weighted by Crippen LogP contribution is -2.33. The van der Waals surface area contributed by atoms with Crippen molar-refractivity contribution in [3.63, 3.8) is 0 Å². The third-order valence-electron chi connectivity index (χ3n) is 2.78. The molecule has 1 aliphatic rings. The van der Waals surface area contributed by atoms with E-state index < -0.39 is 10.0 Å². The lowest BCUT2D eigenvalue weighted by atomic mass is 9.94. The molecule has 2 N–H and O–H groups in total. The first-order valence-electron chi connectivity index (χ1n) is 5.23. The van der Waals surface area contributed by atoms with Crippen molar-refractivity contribution in [2.24, 2.45) is 5.14 Å². The van der Waals surface area contributed by atoms with Gasteiger partial charge in [-0.15, -0.1) is 0 Å². The molecule has 1 heterocycles. The molecule has 0 saturated carbocycles. The number of aryl methyl sites for hydroxylation is 1. The van der Waals surface area contributed by atoms with Gasteiger partial charge in [0.15, 0.2) is 0 Å². The van der Waals surface area contributed by atoms with Crippen LogP contribution in [0.15, 0.2) is 21.5 Å². The van der Waals surface area contributed by atoms with Crippen LogP contribution in [-0.2, 0) is 16.4 Å². The predicted octanol–water partition coefficient (Wildman–Crippen LogP) is 2.20. The molecule has 0 bridgehead atoms. The summed E-state index contributed by atoms with van der Waals surface area (Å²) in [6, 6.07) is 3.36. The van der Waals surface area contributed by atoms with Gasteiger partial charge in [-0.05, 0) is 44.4 Å². The number of hydrogen-bond donors (Lipinski definition) is 1. The molecular weight excluding hydrogens is 306 g/mol. The monoisotopic (exact) mass is 319 g/mol.